The van der Waals surface area contributed by atoms with E-state index in [2.05, 4.69) is 31.0 Å². The number of halogens is 1. The highest BCUT2D eigenvalue weighted by atomic mass is 35.5. The molecule has 0 unspecified atom stereocenters. The first-order valence-electron chi connectivity index (χ1n) is 4.78. The van der Waals surface area contributed by atoms with Crippen LogP contribution in [-0.2, 0) is 5.88 Å². The zero-order chi connectivity index (χ0) is 10.8. The molecule has 0 atom stereocenters. The summed E-state index contributed by atoms with van der Waals surface area (Å²) in [5, 5.41) is 0. The van der Waals surface area contributed by atoms with Gasteiger partial charge in [0.15, 0.2) is 12.2 Å². The lowest BCUT2D eigenvalue weighted by molar-refractivity contribution is 0.571. The van der Waals surface area contributed by atoms with Crippen molar-refractivity contribution >= 4 is 11.6 Å². The van der Waals surface area contributed by atoms with Crippen LogP contribution in [0.3, 0.4) is 0 Å². The molecule has 0 fully saturated rings. The lowest BCUT2D eigenvalue weighted by Crippen LogP contribution is -1.87. The monoisotopic (exact) mass is 221 g/mol. The lowest BCUT2D eigenvalue weighted by Gasteiger charge is -2.04. The molecule has 1 aromatic carbocycles. The van der Waals surface area contributed by atoms with Crippen molar-refractivity contribution in [3.05, 3.63) is 41.4 Å². The standard InChI is InChI=1S/C12H12ClNO/c1-8-3-4-10(9(2)5-8)12-11(6-13)14-7-15-12/h3-5,7H,6H2,1-2H3. The maximum atomic E-state index is 5.78. The van der Waals surface area contributed by atoms with E-state index in [0.29, 0.717) is 5.88 Å². The van der Waals surface area contributed by atoms with Gasteiger partial charge in [-0.1, -0.05) is 23.8 Å². The predicted octanol–water partition coefficient (Wildman–Crippen LogP) is 3.70. The third kappa shape index (κ3) is 1.90. The second kappa shape index (κ2) is 4.07. The molecule has 0 spiro atoms. The average Bonchev–Trinajstić information content (AvgIpc) is 2.65. The van der Waals surface area contributed by atoms with Gasteiger partial charge < -0.3 is 4.42 Å². The first-order valence-corrected chi connectivity index (χ1v) is 5.32. The van der Waals surface area contributed by atoms with Crippen molar-refractivity contribution in [3.63, 3.8) is 0 Å². The molecular weight excluding hydrogens is 210 g/mol. The summed E-state index contributed by atoms with van der Waals surface area (Å²) in [7, 11) is 0. The van der Waals surface area contributed by atoms with Gasteiger partial charge in [0.05, 0.1) is 5.88 Å². The molecule has 0 aliphatic carbocycles. The van der Waals surface area contributed by atoms with E-state index in [-0.39, 0.29) is 0 Å². The van der Waals surface area contributed by atoms with Crippen LogP contribution >= 0.6 is 11.6 Å². The van der Waals surface area contributed by atoms with Crippen LogP contribution < -0.4 is 0 Å². The maximum Gasteiger partial charge on any atom is 0.181 e. The van der Waals surface area contributed by atoms with Gasteiger partial charge in [0.1, 0.15) is 5.69 Å². The number of aryl methyl sites for hydroxylation is 2. The molecule has 0 saturated carbocycles. The fourth-order valence-electron chi connectivity index (χ4n) is 1.65. The number of hydrogen-bond donors (Lipinski definition) is 0. The summed E-state index contributed by atoms with van der Waals surface area (Å²) in [4.78, 5) is 4.08. The Morgan fingerprint density at radius 3 is 2.80 bits per heavy atom. The van der Waals surface area contributed by atoms with E-state index < -0.39 is 0 Å². The number of rotatable bonds is 2. The SMILES string of the molecule is Cc1ccc(-c2ocnc2CCl)c(C)c1. The topological polar surface area (TPSA) is 26.0 Å². The van der Waals surface area contributed by atoms with Crippen LogP contribution in [0.4, 0.5) is 0 Å². The minimum atomic E-state index is 0.374. The van der Waals surface area contributed by atoms with Crippen LogP contribution in [0.1, 0.15) is 16.8 Å². The second-order valence-electron chi connectivity index (χ2n) is 3.58. The minimum absolute atomic E-state index is 0.374. The Bertz CT molecular complexity index is 476. The summed E-state index contributed by atoms with van der Waals surface area (Å²) < 4.78 is 5.37. The molecule has 15 heavy (non-hydrogen) atoms. The van der Waals surface area contributed by atoms with Crippen LogP contribution in [0.25, 0.3) is 11.3 Å². The number of benzene rings is 1. The fraction of sp³-hybridized carbons (Fsp3) is 0.250. The highest BCUT2D eigenvalue weighted by Crippen LogP contribution is 2.27. The van der Waals surface area contributed by atoms with Gasteiger partial charge in [-0.15, -0.1) is 11.6 Å². The van der Waals surface area contributed by atoms with Crippen molar-refractivity contribution in [1.29, 1.82) is 0 Å². The van der Waals surface area contributed by atoms with E-state index in [9.17, 15) is 0 Å². The molecular formula is C12H12ClNO. The van der Waals surface area contributed by atoms with Crippen molar-refractivity contribution in [1.82, 2.24) is 4.98 Å². The molecule has 2 rings (SSSR count). The molecule has 1 aromatic heterocycles. The average molecular weight is 222 g/mol. The van der Waals surface area contributed by atoms with Crippen molar-refractivity contribution in [2.24, 2.45) is 0 Å². The van der Waals surface area contributed by atoms with Gasteiger partial charge in [-0.2, -0.15) is 0 Å². The maximum absolute atomic E-state index is 5.78. The predicted molar refractivity (Wildman–Crippen MR) is 61.0 cm³/mol. The molecule has 2 nitrogen and oxygen atoms in total. The molecule has 0 saturated heterocycles. The Labute approximate surface area is 93.9 Å². The van der Waals surface area contributed by atoms with Crippen molar-refractivity contribution in [2.75, 3.05) is 0 Å². The van der Waals surface area contributed by atoms with E-state index in [1.54, 1.807) is 0 Å². The zero-order valence-corrected chi connectivity index (χ0v) is 9.51. The number of hydrogen-bond acceptors (Lipinski definition) is 2. The third-order valence-corrected chi connectivity index (χ3v) is 2.65. The Hall–Kier alpha value is -1.28. The van der Waals surface area contributed by atoms with Gasteiger partial charge in [0.25, 0.3) is 0 Å². The molecule has 1 heterocycles. The largest absolute Gasteiger partial charge is 0.443 e. The normalized spacial score (nSPS) is 10.6. The van der Waals surface area contributed by atoms with Crippen molar-refractivity contribution < 1.29 is 4.42 Å². The highest BCUT2D eigenvalue weighted by Gasteiger charge is 2.11. The first kappa shape index (κ1) is 10.2. The van der Waals surface area contributed by atoms with Gasteiger partial charge >= 0.3 is 0 Å². The van der Waals surface area contributed by atoms with Crippen molar-refractivity contribution in [2.45, 2.75) is 19.7 Å². The molecule has 78 valence electrons. The van der Waals surface area contributed by atoms with Gasteiger partial charge in [-0.05, 0) is 19.4 Å². The van der Waals surface area contributed by atoms with E-state index >= 15 is 0 Å². The first-order chi connectivity index (χ1) is 7.22. The Morgan fingerprint density at radius 2 is 2.13 bits per heavy atom. The van der Waals surface area contributed by atoms with E-state index in [0.717, 1.165) is 17.0 Å². The van der Waals surface area contributed by atoms with E-state index in [1.807, 2.05) is 6.07 Å². The molecule has 0 amide bonds. The van der Waals surface area contributed by atoms with E-state index in [1.165, 1.54) is 17.5 Å². The third-order valence-electron chi connectivity index (χ3n) is 2.39. The molecule has 2 aromatic rings. The molecule has 0 aliphatic rings. The molecule has 0 aliphatic heterocycles. The van der Waals surface area contributed by atoms with Gasteiger partial charge in [0.2, 0.25) is 0 Å². The Kier molecular flexibility index (Phi) is 2.78. The summed E-state index contributed by atoms with van der Waals surface area (Å²) >= 11 is 5.78. The fourth-order valence-corrected chi connectivity index (χ4v) is 1.84. The zero-order valence-electron chi connectivity index (χ0n) is 8.75. The van der Waals surface area contributed by atoms with Crippen LogP contribution in [-0.4, -0.2) is 4.98 Å². The van der Waals surface area contributed by atoms with Crippen molar-refractivity contribution in [3.8, 4) is 11.3 Å². The highest BCUT2D eigenvalue weighted by molar-refractivity contribution is 6.17. The lowest BCUT2D eigenvalue weighted by atomic mass is 10.0. The quantitative estimate of drug-likeness (QED) is 0.723. The number of aromatic nitrogens is 1. The summed E-state index contributed by atoms with van der Waals surface area (Å²) in [6.07, 6.45) is 1.44. The molecule has 0 bridgehead atoms. The molecule has 3 heteroatoms. The van der Waals surface area contributed by atoms with E-state index in [4.69, 9.17) is 16.0 Å². The second-order valence-corrected chi connectivity index (χ2v) is 3.85. The Morgan fingerprint density at radius 1 is 1.33 bits per heavy atom. The summed E-state index contributed by atoms with van der Waals surface area (Å²) in [6.45, 7) is 4.13. The smallest absolute Gasteiger partial charge is 0.181 e. The van der Waals surface area contributed by atoms with Crippen LogP contribution in [0.2, 0.25) is 0 Å². The summed E-state index contributed by atoms with van der Waals surface area (Å²) in [5.74, 6) is 1.15. The minimum Gasteiger partial charge on any atom is -0.443 e. The number of nitrogens with zero attached hydrogens (tertiary/aromatic N) is 1. The van der Waals surface area contributed by atoms with Gasteiger partial charge in [-0.25, -0.2) is 4.98 Å². The Balaban J connectivity index is 2.54. The number of alkyl halides is 1. The summed E-state index contributed by atoms with van der Waals surface area (Å²) in [6, 6.07) is 6.22. The van der Waals surface area contributed by atoms with Crippen LogP contribution in [0, 0.1) is 13.8 Å². The van der Waals surface area contributed by atoms with Gasteiger partial charge in [-0.3, -0.25) is 0 Å². The number of oxazole rings is 1. The molecule has 0 radical (unpaired) electrons. The van der Waals surface area contributed by atoms with Crippen LogP contribution in [0.15, 0.2) is 29.0 Å². The van der Waals surface area contributed by atoms with Gasteiger partial charge in [0, 0.05) is 5.56 Å². The molecule has 0 N–H and O–H groups in total. The van der Waals surface area contributed by atoms with Crippen LogP contribution in [0.5, 0.6) is 0 Å². The summed E-state index contributed by atoms with van der Waals surface area (Å²) in [5.41, 5.74) is 4.28.